The highest BCUT2D eigenvalue weighted by Crippen LogP contribution is 2.16. The summed E-state index contributed by atoms with van der Waals surface area (Å²) in [6.07, 6.45) is -0.831. The van der Waals surface area contributed by atoms with Crippen LogP contribution in [0.2, 0.25) is 0 Å². The van der Waals surface area contributed by atoms with Crippen molar-refractivity contribution in [3.05, 3.63) is 54.6 Å². The number of benzene rings is 2. The van der Waals surface area contributed by atoms with Gasteiger partial charge in [-0.3, -0.25) is 0 Å². The van der Waals surface area contributed by atoms with Crippen molar-refractivity contribution in [3.63, 3.8) is 0 Å². The second kappa shape index (κ2) is 7.12. The highest BCUT2D eigenvalue weighted by atomic mass is 32.2. The zero-order valence-electron chi connectivity index (χ0n) is 12.4. The minimum atomic E-state index is -4.02. The first kappa shape index (κ1) is 16.8. The molecule has 0 heterocycles. The zero-order valence-corrected chi connectivity index (χ0v) is 13.2. The molecule has 0 aliphatic rings. The van der Waals surface area contributed by atoms with E-state index in [1.807, 2.05) is 4.72 Å². The van der Waals surface area contributed by atoms with Crippen LogP contribution in [-0.2, 0) is 10.0 Å². The Kier molecular flexibility index (Phi) is 5.20. The lowest BCUT2D eigenvalue weighted by atomic mass is 10.3. The number of hydrogen-bond acceptors (Lipinski definition) is 5. The van der Waals surface area contributed by atoms with Crippen molar-refractivity contribution >= 4 is 27.4 Å². The molecule has 23 heavy (non-hydrogen) atoms. The largest absolute Gasteiger partial charge is 0.374 e. The van der Waals surface area contributed by atoms with Crippen molar-refractivity contribution in [1.29, 1.82) is 0 Å². The summed E-state index contributed by atoms with van der Waals surface area (Å²) in [6.45, 7) is 1.51. The summed E-state index contributed by atoms with van der Waals surface area (Å²) in [4.78, 5) is 11.7. The molecule has 0 bridgehead atoms. The van der Waals surface area contributed by atoms with Crippen LogP contribution in [0.25, 0.3) is 0 Å². The second-order valence-corrected chi connectivity index (χ2v) is 6.46. The number of rotatable bonds is 5. The van der Waals surface area contributed by atoms with Gasteiger partial charge in [-0.15, -0.1) is 0 Å². The van der Waals surface area contributed by atoms with Crippen molar-refractivity contribution in [2.75, 3.05) is 10.6 Å². The number of carbonyl (C=O) groups excluding carboxylic acids is 1. The predicted molar refractivity (Wildman–Crippen MR) is 87.5 cm³/mol. The lowest BCUT2D eigenvalue weighted by Crippen LogP contribution is -2.34. The van der Waals surface area contributed by atoms with Crippen molar-refractivity contribution in [2.24, 2.45) is 0 Å². The molecule has 0 aliphatic heterocycles. The number of amides is 2. The summed E-state index contributed by atoms with van der Waals surface area (Å²) in [5.41, 5.74) is 0.899. The monoisotopic (exact) mass is 335 g/mol. The second-order valence-electron chi connectivity index (χ2n) is 4.77. The average molecular weight is 335 g/mol. The number of anilines is 2. The summed E-state index contributed by atoms with van der Waals surface area (Å²) >= 11 is 0. The fraction of sp³-hybridized carbons (Fsp3) is 0.133. The lowest BCUT2D eigenvalue weighted by Gasteiger charge is -2.12. The van der Waals surface area contributed by atoms with E-state index in [9.17, 15) is 18.3 Å². The summed E-state index contributed by atoms with van der Waals surface area (Å²) in [5.74, 6) is 0. The smallest absolute Gasteiger partial charge is 0.333 e. The first-order valence-electron chi connectivity index (χ1n) is 6.80. The molecule has 122 valence electrons. The van der Waals surface area contributed by atoms with Crippen LogP contribution in [0.3, 0.4) is 0 Å². The molecule has 0 saturated heterocycles. The number of carbonyl (C=O) groups is 1. The van der Waals surface area contributed by atoms with E-state index in [1.165, 1.54) is 25.1 Å². The Bertz CT molecular complexity index is 776. The van der Waals surface area contributed by atoms with Crippen LogP contribution in [0, 0.1) is 0 Å². The number of nitrogens with one attached hydrogen (secondary N) is 3. The molecule has 0 aliphatic carbocycles. The fourth-order valence-electron chi connectivity index (χ4n) is 1.85. The maximum absolute atomic E-state index is 12.2. The third-order valence-corrected chi connectivity index (χ3v) is 4.11. The maximum Gasteiger partial charge on any atom is 0.333 e. The van der Waals surface area contributed by atoms with E-state index in [-0.39, 0.29) is 4.90 Å². The van der Waals surface area contributed by atoms with Gasteiger partial charge in [0.1, 0.15) is 6.23 Å². The van der Waals surface area contributed by atoms with E-state index in [0.29, 0.717) is 11.4 Å². The number of aliphatic hydroxyl groups is 1. The van der Waals surface area contributed by atoms with E-state index in [4.69, 9.17) is 0 Å². The normalized spacial score (nSPS) is 12.3. The number of para-hydroxylation sites is 1. The van der Waals surface area contributed by atoms with Crippen LogP contribution in [0.1, 0.15) is 6.92 Å². The van der Waals surface area contributed by atoms with Gasteiger partial charge in [0.2, 0.25) is 0 Å². The van der Waals surface area contributed by atoms with E-state index in [0.717, 1.165) is 0 Å². The van der Waals surface area contributed by atoms with Crippen LogP contribution in [0.15, 0.2) is 59.5 Å². The SMILES string of the molecule is C[C@@H](O)Nc1cccc(S(=O)(=O)NC(=O)Nc2ccccc2)c1. The van der Waals surface area contributed by atoms with Gasteiger partial charge in [-0.05, 0) is 37.3 Å². The van der Waals surface area contributed by atoms with Crippen molar-refractivity contribution < 1.29 is 18.3 Å². The Hall–Kier alpha value is -2.58. The molecule has 1 atom stereocenters. The Balaban J connectivity index is 2.11. The highest BCUT2D eigenvalue weighted by molar-refractivity contribution is 7.90. The van der Waals surface area contributed by atoms with Crippen molar-refractivity contribution in [1.82, 2.24) is 4.72 Å². The number of aliphatic hydroxyl groups excluding tert-OH is 1. The Morgan fingerprint density at radius 2 is 1.70 bits per heavy atom. The first-order chi connectivity index (χ1) is 10.9. The molecule has 0 fully saturated rings. The molecule has 0 spiro atoms. The summed E-state index contributed by atoms with van der Waals surface area (Å²) in [7, 11) is -4.02. The summed E-state index contributed by atoms with van der Waals surface area (Å²) in [5, 5.41) is 14.4. The van der Waals surface area contributed by atoms with Crippen LogP contribution in [0.4, 0.5) is 16.2 Å². The first-order valence-corrected chi connectivity index (χ1v) is 8.29. The standard InChI is InChI=1S/C15H17N3O4S/c1-11(19)16-13-8-5-9-14(10-13)23(21,22)18-15(20)17-12-6-3-2-4-7-12/h2-11,16,19H,1H3,(H2,17,18,20)/t11-/m1/s1. The highest BCUT2D eigenvalue weighted by Gasteiger charge is 2.18. The Morgan fingerprint density at radius 3 is 2.35 bits per heavy atom. The van der Waals surface area contributed by atoms with Gasteiger partial charge in [0.25, 0.3) is 10.0 Å². The van der Waals surface area contributed by atoms with Crippen molar-refractivity contribution in [2.45, 2.75) is 18.0 Å². The predicted octanol–water partition coefficient (Wildman–Crippen LogP) is 1.95. The number of sulfonamides is 1. The molecule has 8 heteroatoms. The molecule has 0 radical (unpaired) electrons. The fourth-order valence-corrected chi connectivity index (χ4v) is 2.81. The maximum atomic E-state index is 12.2. The lowest BCUT2D eigenvalue weighted by molar-refractivity contribution is 0.224. The van der Waals surface area contributed by atoms with Gasteiger partial charge in [0.15, 0.2) is 0 Å². The molecule has 2 amide bonds. The van der Waals surface area contributed by atoms with Crippen LogP contribution >= 0.6 is 0 Å². The molecule has 0 aromatic heterocycles. The van der Waals surface area contributed by atoms with E-state index in [1.54, 1.807) is 36.4 Å². The molecule has 7 nitrogen and oxygen atoms in total. The minimum Gasteiger partial charge on any atom is -0.374 e. The number of hydrogen-bond donors (Lipinski definition) is 4. The third-order valence-electron chi connectivity index (χ3n) is 2.78. The van der Waals surface area contributed by atoms with Gasteiger partial charge in [0.05, 0.1) is 4.90 Å². The topological polar surface area (TPSA) is 108 Å². The van der Waals surface area contributed by atoms with Gasteiger partial charge >= 0.3 is 6.03 Å². The van der Waals surface area contributed by atoms with Gasteiger partial charge in [0, 0.05) is 11.4 Å². The zero-order chi connectivity index (χ0) is 16.9. The van der Waals surface area contributed by atoms with Crippen LogP contribution in [-0.4, -0.2) is 25.8 Å². The van der Waals surface area contributed by atoms with E-state index >= 15 is 0 Å². The molecule has 2 rings (SSSR count). The number of urea groups is 1. The van der Waals surface area contributed by atoms with Crippen LogP contribution in [0.5, 0.6) is 0 Å². The van der Waals surface area contributed by atoms with Gasteiger partial charge < -0.3 is 15.7 Å². The quantitative estimate of drug-likeness (QED) is 0.625. The van der Waals surface area contributed by atoms with E-state index in [2.05, 4.69) is 10.6 Å². The van der Waals surface area contributed by atoms with Gasteiger partial charge in [-0.1, -0.05) is 24.3 Å². The molecule has 2 aromatic rings. The molecular weight excluding hydrogens is 318 g/mol. The van der Waals surface area contributed by atoms with E-state index < -0.39 is 22.3 Å². The third kappa shape index (κ3) is 4.97. The summed E-state index contributed by atoms with van der Waals surface area (Å²) < 4.78 is 26.4. The summed E-state index contributed by atoms with van der Waals surface area (Å²) in [6, 6.07) is 13.4. The Morgan fingerprint density at radius 1 is 1.04 bits per heavy atom. The molecule has 0 saturated carbocycles. The molecule has 4 N–H and O–H groups in total. The average Bonchev–Trinajstić information content (AvgIpc) is 2.47. The molecule has 0 unspecified atom stereocenters. The van der Waals surface area contributed by atoms with Gasteiger partial charge in [-0.2, -0.15) is 0 Å². The minimum absolute atomic E-state index is 0.0913. The van der Waals surface area contributed by atoms with Crippen LogP contribution < -0.4 is 15.4 Å². The Labute approximate surface area is 134 Å². The molecular formula is C15H17N3O4S. The van der Waals surface area contributed by atoms with Gasteiger partial charge in [-0.25, -0.2) is 17.9 Å². The van der Waals surface area contributed by atoms with Crippen molar-refractivity contribution in [3.8, 4) is 0 Å². The molecule has 2 aromatic carbocycles.